The quantitative estimate of drug-likeness (QED) is 0.527. The molecule has 0 aliphatic heterocycles. The summed E-state index contributed by atoms with van der Waals surface area (Å²) in [4.78, 5) is 8.31. The Balaban J connectivity index is 1.56. The summed E-state index contributed by atoms with van der Waals surface area (Å²) in [5.74, 6) is 1.19. The number of benzene rings is 2. The Morgan fingerprint density at radius 1 is 1.15 bits per heavy atom. The molecule has 0 saturated carbocycles. The van der Waals surface area contributed by atoms with Crippen molar-refractivity contribution < 1.29 is 4.74 Å². The first-order valence-corrected chi connectivity index (χ1v) is 8.38. The lowest BCUT2D eigenvalue weighted by Gasteiger charge is -2.11. The SMILES string of the molecule is CC(C)Oc1ccc(NC(N)=NCc2ccc(-n3cncn3)cc2)cc1. The van der Waals surface area contributed by atoms with Crippen LogP contribution in [0.15, 0.2) is 66.2 Å². The molecule has 3 N–H and O–H groups in total. The van der Waals surface area contributed by atoms with Gasteiger partial charge in [0.15, 0.2) is 5.96 Å². The van der Waals surface area contributed by atoms with Gasteiger partial charge in [-0.2, -0.15) is 5.10 Å². The largest absolute Gasteiger partial charge is 0.491 e. The van der Waals surface area contributed by atoms with Gasteiger partial charge in [0.05, 0.1) is 18.3 Å². The second-order valence-electron chi connectivity index (χ2n) is 6.02. The smallest absolute Gasteiger partial charge is 0.193 e. The van der Waals surface area contributed by atoms with Crippen LogP contribution in [0, 0.1) is 0 Å². The van der Waals surface area contributed by atoms with Gasteiger partial charge in [0, 0.05) is 5.69 Å². The fourth-order valence-corrected chi connectivity index (χ4v) is 2.35. The lowest BCUT2D eigenvalue weighted by atomic mass is 10.2. The third kappa shape index (κ3) is 4.83. The molecule has 0 bridgehead atoms. The molecular weight excluding hydrogens is 328 g/mol. The molecule has 0 amide bonds. The highest BCUT2D eigenvalue weighted by Crippen LogP contribution is 2.16. The van der Waals surface area contributed by atoms with Crippen molar-refractivity contribution in [2.75, 3.05) is 5.32 Å². The molecule has 1 aromatic heterocycles. The molecule has 0 radical (unpaired) electrons. The van der Waals surface area contributed by atoms with Crippen molar-refractivity contribution in [2.45, 2.75) is 26.5 Å². The monoisotopic (exact) mass is 350 g/mol. The van der Waals surface area contributed by atoms with Crippen LogP contribution < -0.4 is 15.8 Å². The van der Waals surface area contributed by atoms with Crippen LogP contribution in [-0.2, 0) is 6.54 Å². The highest BCUT2D eigenvalue weighted by molar-refractivity contribution is 5.92. The highest BCUT2D eigenvalue weighted by atomic mass is 16.5. The number of nitrogens with zero attached hydrogens (tertiary/aromatic N) is 4. The summed E-state index contributed by atoms with van der Waals surface area (Å²) in [6.07, 6.45) is 3.31. The van der Waals surface area contributed by atoms with Gasteiger partial charge >= 0.3 is 0 Å². The number of aliphatic imine (C=N–C) groups is 1. The molecule has 0 unspecified atom stereocenters. The molecule has 0 fully saturated rings. The lowest BCUT2D eigenvalue weighted by Crippen LogP contribution is -2.22. The van der Waals surface area contributed by atoms with Crippen molar-refractivity contribution >= 4 is 11.6 Å². The summed E-state index contributed by atoms with van der Waals surface area (Å²) >= 11 is 0. The summed E-state index contributed by atoms with van der Waals surface area (Å²) in [7, 11) is 0. The zero-order valence-electron chi connectivity index (χ0n) is 14.8. The average Bonchev–Trinajstić information content (AvgIpc) is 3.16. The summed E-state index contributed by atoms with van der Waals surface area (Å²) in [6, 6.07) is 15.5. The number of ether oxygens (including phenoxy) is 1. The molecule has 3 aromatic rings. The number of hydrogen-bond donors (Lipinski definition) is 2. The van der Waals surface area contributed by atoms with Crippen LogP contribution >= 0.6 is 0 Å². The van der Waals surface area contributed by atoms with Gasteiger partial charge < -0.3 is 15.8 Å². The number of guanidine groups is 1. The predicted octanol–water partition coefficient (Wildman–Crippen LogP) is 2.98. The van der Waals surface area contributed by atoms with Crippen molar-refractivity contribution in [3.63, 3.8) is 0 Å². The maximum absolute atomic E-state index is 5.96. The molecule has 0 saturated heterocycles. The van der Waals surface area contributed by atoms with Gasteiger partial charge in [0.1, 0.15) is 18.4 Å². The standard InChI is InChI=1S/C19H22N6O/c1-14(2)26-18-9-5-16(6-10-18)24-19(20)22-11-15-3-7-17(8-4-15)25-13-21-12-23-25/h3-10,12-14H,11H2,1-2H3,(H3,20,22,24). The number of hydrogen-bond acceptors (Lipinski definition) is 4. The summed E-state index contributed by atoms with van der Waals surface area (Å²) in [5, 5.41) is 7.17. The van der Waals surface area contributed by atoms with E-state index in [1.54, 1.807) is 11.0 Å². The first-order valence-electron chi connectivity index (χ1n) is 8.38. The molecule has 134 valence electrons. The van der Waals surface area contributed by atoms with Gasteiger partial charge in [0.2, 0.25) is 0 Å². The summed E-state index contributed by atoms with van der Waals surface area (Å²) < 4.78 is 7.32. The molecule has 0 aliphatic carbocycles. The third-order valence-corrected chi connectivity index (χ3v) is 3.55. The van der Waals surface area contributed by atoms with E-state index in [1.165, 1.54) is 6.33 Å². The van der Waals surface area contributed by atoms with Crippen LogP contribution in [0.5, 0.6) is 5.75 Å². The molecule has 1 heterocycles. The van der Waals surface area contributed by atoms with Crippen LogP contribution in [0.25, 0.3) is 5.69 Å². The molecular formula is C19H22N6O. The Kier molecular flexibility index (Phi) is 5.48. The number of aromatic nitrogens is 3. The second kappa shape index (κ2) is 8.15. The minimum atomic E-state index is 0.149. The predicted molar refractivity (Wildman–Crippen MR) is 103 cm³/mol. The van der Waals surface area contributed by atoms with Gasteiger partial charge in [0.25, 0.3) is 0 Å². The van der Waals surface area contributed by atoms with Crippen LogP contribution in [0.3, 0.4) is 0 Å². The molecule has 26 heavy (non-hydrogen) atoms. The van der Waals surface area contributed by atoms with E-state index in [0.29, 0.717) is 12.5 Å². The maximum atomic E-state index is 5.96. The molecule has 2 aromatic carbocycles. The van der Waals surface area contributed by atoms with Gasteiger partial charge in [-0.1, -0.05) is 12.1 Å². The first-order chi connectivity index (χ1) is 12.6. The minimum absolute atomic E-state index is 0.149. The van der Waals surface area contributed by atoms with Crippen LogP contribution in [-0.4, -0.2) is 26.8 Å². The number of anilines is 1. The zero-order chi connectivity index (χ0) is 18.4. The van der Waals surface area contributed by atoms with Gasteiger partial charge in [-0.05, 0) is 55.8 Å². The fourth-order valence-electron chi connectivity index (χ4n) is 2.35. The van der Waals surface area contributed by atoms with Gasteiger partial charge in [-0.3, -0.25) is 0 Å². The van der Waals surface area contributed by atoms with E-state index in [4.69, 9.17) is 10.5 Å². The summed E-state index contributed by atoms with van der Waals surface area (Å²) in [5.41, 5.74) is 8.83. The van der Waals surface area contributed by atoms with E-state index in [9.17, 15) is 0 Å². The van der Waals surface area contributed by atoms with Crippen LogP contribution in [0.1, 0.15) is 19.4 Å². The Morgan fingerprint density at radius 2 is 1.88 bits per heavy atom. The number of nitrogens with two attached hydrogens (primary N) is 1. The third-order valence-electron chi connectivity index (χ3n) is 3.55. The normalized spacial score (nSPS) is 11.6. The highest BCUT2D eigenvalue weighted by Gasteiger charge is 2.00. The van der Waals surface area contributed by atoms with Gasteiger partial charge in [-0.15, -0.1) is 0 Å². The lowest BCUT2D eigenvalue weighted by molar-refractivity contribution is 0.242. The molecule has 7 heteroatoms. The van der Waals surface area contributed by atoms with E-state index < -0.39 is 0 Å². The first kappa shape index (κ1) is 17.5. The fraction of sp³-hybridized carbons (Fsp3) is 0.211. The van der Waals surface area contributed by atoms with E-state index in [-0.39, 0.29) is 6.10 Å². The topological polar surface area (TPSA) is 90.3 Å². The molecule has 7 nitrogen and oxygen atoms in total. The Bertz CT molecular complexity index is 839. The maximum Gasteiger partial charge on any atom is 0.193 e. The van der Waals surface area contributed by atoms with Crippen molar-refractivity contribution in [3.05, 3.63) is 66.7 Å². The Morgan fingerprint density at radius 3 is 2.50 bits per heavy atom. The van der Waals surface area contributed by atoms with Crippen molar-refractivity contribution in [3.8, 4) is 11.4 Å². The van der Waals surface area contributed by atoms with Crippen molar-refractivity contribution in [2.24, 2.45) is 10.7 Å². The van der Waals surface area contributed by atoms with Gasteiger partial charge in [-0.25, -0.2) is 14.7 Å². The number of nitrogens with one attached hydrogen (secondary N) is 1. The Labute approximate surface area is 152 Å². The summed E-state index contributed by atoms with van der Waals surface area (Å²) in [6.45, 7) is 4.48. The molecule has 0 atom stereocenters. The van der Waals surface area contributed by atoms with Crippen LogP contribution in [0.4, 0.5) is 5.69 Å². The van der Waals surface area contributed by atoms with E-state index >= 15 is 0 Å². The average molecular weight is 350 g/mol. The zero-order valence-corrected chi connectivity index (χ0v) is 14.8. The van der Waals surface area contributed by atoms with E-state index in [0.717, 1.165) is 22.7 Å². The van der Waals surface area contributed by atoms with Crippen LogP contribution in [0.2, 0.25) is 0 Å². The molecule has 0 aliphatic rings. The molecule has 0 spiro atoms. The number of rotatable bonds is 6. The van der Waals surface area contributed by atoms with E-state index in [2.05, 4.69) is 20.4 Å². The second-order valence-corrected chi connectivity index (χ2v) is 6.02. The molecule has 3 rings (SSSR count). The van der Waals surface area contributed by atoms with Crippen molar-refractivity contribution in [1.29, 1.82) is 0 Å². The Hall–Kier alpha value is -3.35. The minimum Gasteiger partial charge on any atom is -0.491 e. The van der Waals surface area contributed by atoms with E-state index in [1.807, 2.05) is 62.4 Å². The van der Waals surface area contributed by atoms with Crippen molar-refractivity contribution in [1.82, 2.24) is 14.8 Å².